The first-order valence-corrected chi connectivity index (χ1v) is 9.69. The lowest BCUT2D eigenvalue weighted by Gasteiger charge is -2.24. The maximum atomic E-state index is 13.2. The van der Waals surface area contributed by atoms with Gasteiger partial charge >= 0.3 is 0 Å². The molecule has 0 heterocycles. The Balaban J connectivity index is 2.07. The third-order valence-corrected chi connectivity index (χ3v) is 6.15. The lowest BCUT2D eigenvalue weighted by Crippen LogP contribution is -2.30. The molecule has 6 heteroatoms. The van der Waals surface area contributed by atoms with Gasteiger partial charge in [0.1, 0.15) is 0 Å². The number of ether oxygens (including phenoxy) is 2. The average Bonchev–Trinajstić information content (AvgIpc) is 2.67. The maximum absolute atomic E-state index is 13.2. The molecular weight excluding hydrogens is 350 g/mol. The second kappa shape index (κ2) is 7.25. The third kappa shape index (κ3) is 3.20. The molecule has 0 aliphatic carbocycles. The van der Waals surface area contributed by atoms with Crippen LogP contribution in [0.2, 0.25) is 0 Å². The third-order valence-electron chi connectivity index (χ3n) is 4.25. The van der Waals surface area contributed by atoms with Crippen LogP contribution < -0.4 is 13.8 Å². The molecule has 3 rings (SSSR count). The van der Waals surface area contributed by atoms with Crippen molar-refractivity contribution < 1.29 is 17.9 Å². The molecule has 0 amide bonds. The van der Waals surface area contributed by atoms with E-state index in [0.717, 1.165) is 10.8 Å². The number of hydrogen-bond acceptors (Lipinski definition) is 4. The van der Waals surface area contributed by atoms with E-state index in [0.29, 0.717) is 23.7 Å². The Morgan fingerprint density at radius 3 is 2.19 bits per heavy atom. The van der Waals surface area contributed by atoms with Crippen LogP contribution in [0.3, 0.4) is 0 Å². The first-order valence-electron chi connectivity index (χ1n) is 8.25. The molecule has 5 nitrogen and oxygen atoms in total. The van der Waals surface area contributed by atoms with Gasteiger partial charge < -0.3 is 9.47 Å². The van der Waals surface area contributed by atoms with E-state index in [2.05, 4.69) is 0 Å². The minimum atomic E-state index is -3.70. The number of hydrogen-bond donors (Lipinski definition) is 0. The van der Waals surface area contributed by atoms with Crippen LogP contribution in [0, 0.1) is 0 Å². The second-order valence-corrected chi connectivity index (χ2v) is 7.58. The standard InChI is InChI=1S/C20H21NO4S/c1-4-21(17-10-12-19(24-2)20(14-17)25-3)26(22,23)18-11-9-15-7-5-6-8-16(15)13-18/h5-14H,4H2,1-3H3. The van der Waals surface area contributed by atoms with E-state index >= 15 is 0 Å². The van der Waals surface area contributed by atoms with E-state index in [1.54, 1.807) is 44.4 Å². The predicted octanol–water partition coefficient (Wildman–Crippen LogP) is 4.07. The first-order chi connectivity index (χ1) is 12.5. The molecule has 3 aromatic carbocycles. The summed E-state index contributed by atoms with van der Waals surface area (Å²) >= 11 is 0. The number of sulfonamides is 1. The van der Waals surface area contributed by atoms with Gasteiger partial charge in [-0.2, -0.15) is 0 Å². The summed E-state index contributed by atoms with van der Waals surface area (Å²) < 4.78 is 38.3. The summed E-state index contributed by atoms with van der Waals surface area (Å²) in [5.74, 6) is 1.03. The highest BCUT2D eigenvalue weighted by Crippen LogP contribution is 2.34. The second-order valence-electron chi connectivity index (χ2n) is 5.72. The Bertz CT molecular complexity index is 1030. The average molecular weight is 371 g/mol. The van der Waals surface area contributed by atoms with Gasteiger partial charge in [-0.25, -0.2) is 8.42 Å². The van der Waals surface area contributed by atoms with E-state index in [9.17, 15) is 8.42 Å². The van der Waals surface area contributed by atoms with E-state index in [1.165, 1.54) is 11.4 Å². The lowest BCUT2D eigenvalue weighted by molar-refractivity contribution is 0.355. The summed E-state index contributed by atoms with van der Waals surface area (Å²) in [4.78, 5) is 0.257. The molecule has 0 aromatic heterocycles. The van der Waals surface area contributed by atoms with Gasteiger partial charge in [-0.05, 0) is 42.0 Å². The van der Waals surface area contributed by atoms with Gasteiger partial charge in [-0.15, -0.1) is 0 Å². The molecule has 3 aromatic rings. The number of rotatable bonds is 6. The van der Waals surface area contributed by atoms with Crippen LogP contribution in [-0.2, 0) is 10.0 Å². The fourth-order valence-corrected chi connectivity index (χ4v) is 4.43. The van der Waals surface area contributed by atoms with E-state index < -0.39 is 10.0 Å². The minimum absolute atomic E-state index is 0.257. The fourth-order valence-electron chi connectivity index (χ4n) is 2.93. The first kappa shape index (κ1) is 18.1. The number of nitrogens with zero attached hydrogens (tertiary/aromatic N) is 1. The molecule has 0 unspecified atom stereocenters. The fraction of sp³-hybridized carbons (Fsp3) is 0.200. The quantitative estimate of drug-likeness (QED) is 0.655. The summed E-state index contributed by atoms with van der Waals surface area (Å²) in [7, 11) is -0.637. The highest BCUT2D eigenvalue weighted by atomic mass is 32.2. The highest BCUT2D eigenvalue weighted by molar-refractivity contribution is 7.92. The van der Waals surface area contributed by atoms with Gasteiger partial charge in [0.25, 0.3) is 10.0 Å². The van der Waals surface area contributed by atoms with E-state index in [-0.39, 0.29) is 4.90 Å². The van der Waals surface area contributed by atoms with E-state index in [4.69, 9.17) is 9.47 Å². The van der Waals surface area contributed by atoms with Gasteiger partial charge in [-0.1, -0.05) is 30.3 Å². The van der Waals surface area contributed by atoms with Crippen molar-refractivity contribution in [1.29, 1.82) is 0 Å². The van der Waals surface area contributed by atoms with Gasteiger partial charge in [0.2, 0.25) is 0 Å². The van der Waals surface area contributed by atoms with Crippen LogP contribution >= 0.6 is 0 Å². The van der Waals surface area contributed by atoms with Crippen LogP contribution in [-0.4, -0.2) is 29.2 Å². The normalized spacial score (nSPS) is 11.3. The van der Waals surface area contributed by atoms with Crippen LogP contribution in [0.15, 0.2) is 65.6 Å². The predicted molar refractivity (Wildman–Crippen MR) is 104 cm³/mol. The molecule has 0 aliphatic rings. The number of benzene rings is 3. The molecule has 26 heavy (non-hydrogen) atoms. The van der Waals surface area contributed by atoms with Gasteiger partial charge in [0.05, 0.1) is 24.8 Å². The van der Waals surface area contributed by atoms with Crippen LogP contribution in [0.4, 0.5) is 5.69 Å². The van der Waals surface area contributed by atoms with Crippen molar-refractivity contribution >= 4 is 26.5 Å². The molecule has 0 bridgehead atoms. The Hall–Kier alpha value is -2.73. The summed E-state index contributed by atoms with van der Waals surface area (Å²) in [6.07, 6.45) is 0. The van der Waals surface area contributed by atoms with Crippen molar-refractivity contribution in [1.82, 2.24) is 0 Å². The zero-order valence-corrected chi connectivity index (χ0v) is 15.8. The van der Waals surface area contributed by atoms with E-state index in [1.807, 2.05) is 30.3 Å². The lowest BCUT2D eigenvalue weighted by atomic mass is 10.1. The van der Waals surface area contributed by atoms with Crippen LogP contribution in [0.25, 0.3) is 10.8 Å². The molecular formula is C20H21NO4S. The zero-order chi connectivity index (χ0) is 18.7. The summed E-state index contributed by atoms with van der Waals surface area (Å²) in [5, 5.41) is 1.89. The smallest absolute Gasteiger partial charge is 0.264 e. The van der Waals surface area contributed by atoms with Gasteiger partial charge in [0, 0.05) is 12.6 Å². The molecule has 0 spiro atoms. The Labute approximate surface area is 153 Å². The maximum Gasteiger partial charge on any atom is 0.264 e. The molecule has 0 saturated carbocycles. The zero-order valence-electron chi connectivity index (χ0n) is 15.0. The van der Waals surface area contributed by atoms with Crippen molar-refractivity contribution in [2.45, 2.75) is 11.8 Å². The van der Waals surface area contributed by atoms with Crippen LogP contribution in [0.1, 0.15) is 6.92 Å². The Morgan fingerprint density at radius 1 is 0.846 bits per heavy atom. The Morgan fingerprint density at radius 2 is 1.54 bits per heavy atom. The largest absolute Gasteiger partial charge is 0.493 e. The summed E-state index contributed by atoms with van der Waals surface area (Å²) in [6, 6.07) is 17.9. The highest BCUT2D eigenvalue weighted by Gasteiger charge is 2.24. The topological polar surface area (TPSA) is 55.8 Å². The summed E-state index contributed by atoms with van der Waals surface area (Å²) in [5.41, 5.74) is 0.526. The summed E-state index contributed by atoms with van der Waals surface area (Å²) in [6.45, 7) is 2.10. The van der Waals surface area contributed by atoms with Crippen LogP contribution in [0.5, 0.6) is 11.5 Å². The molecule has 136 valence electrons. The van der Waals surface area contributed by atoms with Crippen molar-refractivity contribution in [2.75, 3.05) is 25.1 Å². The molecule has 0 fully saturated rings. The number of anilines is 1. The van der Waals surface area contributed by atoms with Gasteiger partial charge in [-0.3, -0.25) is 4.31 Å². The molecule has 0 aliphatic heterocycles. The van der Waals surface area contributed by atoms with Crippen molar-refractivity contribution in [3.05, 3.63) is 60.7 Å². The molecule has 0 atom stereocenters. The van der Waals surface area contributed by atoms with Gasteiger partial charge in [0.15, 0.2) is 11.5 Å². The molecule has 0 radical (unpaired) electrons. The SMILES string of the molecule is CCN(c1ccc(OC)c(OC)c1)S(=O)(=O)c1ccc2ccccc2c1. The Kier molecular flexibility index (Phi) is 5.04. The monoisotopic (exact) mass is 371 g/mol. The number of fused-ring (bicyclic) bond motifs is 1. The van der Waals surface area contributed by atoms with Crippen molar-refractivity contribution in [3.63, 3.8) is 0 Å². The molecule has 0 saturated heterocycles. The number of methoxy groups -OCH3 is 2. The van der Waals surface area contributed by atoms with Crippen molar-refractivity contribution in [3.8, 4) is 11.5 Å². The van der Waals surface area contributed by atoms with Crippen molar-refractivity contribution in [2.24, 2.45) is 0 Å². The minimum Gasteiger partial charge on any atom is -0.493 e. The molecule has 0 N–H and O–H groups in total.